The average Bonchev–Trinajstić information content (AvgIpc) is 2.73. The van der Waals surface area contributed by atoms with E-state index >= 15 is 0 Å². The molecule has 0 aromatic heterocycles. The van der Waals surface area contributed by atoms with Crippen molar-refractivity contribution in [2.45, 2.75) is 36.0 Å². The summed E-state index contributed by atoms with van der Waals surface area (Å²) < 4.78 is 0. The second kappa shape index (κ2) is 9.93. The van der Waals surface area contributed by atoms with Crippen molar-refractivity contribution in [3.8, 4) is 0 Å². The minimum absolute atomic E-state index is 0.111. The van der Waals surface area contributed by atoms with Gasteiger partial charge in [0, 0.05) is 9.79 Å². The van der Waals surface area contributed by atoms with E-state index in [4.69, 9.17) is 0 Å². The summed E-state index contributed by atoms with van der Waals surface area (Å²) in [5, 5.41) is 3.28. The third-order valence-electron chi connectivity index (χ3n) is 4.83. The van der Waals surface area contributed by atoms with Gasteiger partial charge in [-0.1, -0.05) is 49.4 Å². The maximum absolute atomic E-state index is 12.8. The predicted molar refractivity (Wildman–Crippen MR) is 114 cm³/mol. The largest absolute Gasteiger partial charge is 0.317 e. The molecule has 5 heteroatoms. The first-order valence-corrected chi connectivity index (χ1v) is 10.6. The Hall–Kier alpha value is -1.82. The van der Waals surface area contributed by atoms with Gasteiger partial charge in [-0.15, -0.1) is 0 Å². The standard InChI is InChI=1S/C17H18N2OS.C5H11N/c1-3-18(2)12-17(20)19-13-8-4-6-10-15(13)21-16-11-7-5-9-14(16)19;1-2-4-6-5-3-1/h4-11H,3,12H2,1-2H3;6H,1-5H2. The summed E-state index contributed by atoms with van der Waals surface area (Å²) >= 11 is 1.72. The Labute approximate surface area is 166 Å². The lowest BCUT2D eigenvalue weighted by Gasteiger charge is -2.32. The number of benzene rings is 2. The number of carbonyl (C=O) groups is 1. The molecule has 1 amide bonds. The van der Waals surface area contributed by atoms with Gasteiger partial charge >= 0.3 is 0 Å². The van der Waals surface area contributed by atoms with E-state index < -0.39 is 0 Å². The van der Waals surface area contributed by atoms with Gasteiger partial charge in [-0.3, -0.25) is 14.6 Å². The zero-order valence-electron chi connectivity index (χ0n) is 16.3. The van der Waals surface area contributed by atoms with Crippen LogP contribution < -0.4 is 10.2 Å². The molecule has 0 unspecified atom stereocenters. The van der Waals surface area contributed by atoms with Crippen molar-refractivity contribution < 1.29 is 4.79 Å². The molecule has 0 atom stereocenters. The highest BCUT2D eigenvalue weighted by Crippen LogP contribution is 2.47. The van der Waals surface area contributed by atoms with Crippen LogP contribution in [0.2, 0.25) is 0 Å². The number of nitrogens with one attached hydrogen (secondary N) is 1. The highest BCUT2D eigenvalue weighted by atomic mass is 32.2. The molecule has 0 aliphatic carbocycles. The van der Waals surface area contributed by atoms with E-state index in [1.807, 2.05) is 53.2 Å². The molecule has 1 saturated heterocycles. The van der Waals surface area contributed by atoms with E-state index in [9.17, 15) is 4.79 Å². The van der Waals surface area contributed by atoms with Gasteiger partial charge in [0.2, 0.25) is 5.91 Å². The molecular weight excluding hydrogens is 354 g/mol. The van der Waals surface area contributed by atoms with Gasteiger partial charge < -0.3 is 5.32 Å². The number of likely N-dealkylation sites (N-methyl/N-ethyl adjacent to an activating group) is 1. The van der Waals surface area contributed by atoms with E-state index in [1.165, 1.54) is 32.4 Å². The first-order valence-electron chi connectivity index (χ1n) is 9.79. The molecule has 4 nitrogen and oxygen atoms in total. The molecule has 2 heterocycles. The van der Waals surface area contributed by atoms with Crippen molar-refractivity contribution in [2.24, 2.45) is 0 Å². The fraction of sp³-hybridized carbons (Fsp3) is 0.409. The summed E-state index contributed by atoms with van der Waals surface area (Å²) in [6.07, 6.45) is 4.22. The number of rotatable bonds is 3. The minimum Gasteiger partial charge on any atom is -0.317 e. The SMILES string of the molecule is C1CCNCC1.CCN(C)CC(=O)N1c2ccccc2Sc2ccccc21. The van der Waals surface area contributed by atoms with Crippen molar-refractivity contribution in [1.82, 2.24) is 10.2 Å². The highest BCUT2D eigenvalue weighted by molar-refractivity contribution is 7.99. The Bertz CT molecular complexity index is 704. The zero-order chi connectivity index (χ0) is 19.1. The summed E-state index contributed by atoms with van der Waals surface area (Å²) in [5.41, 5.74) is 1.96. The number of para-hydroxylation sites is 2. The fourth-order valence-corrected chi connectivity index (χ4v) is 4.25. The van der Waals surface area contributed by atoms with Gasteiger partial charge in [0.15, 0.2) is 0 Å². The Morgan fingerprint density at radius 1 is 1.00 bits per heavy atom. The quantitative estimate of drug-likeness (QED) is 0.845. The van der Waals surface area contributed by atoms with Crippen molar-refractivity contribution >= 4 is 29.0 Å². The Kier molecular flexibility index (Phi) is 7.33. The summed E-state index contributed by atoms with van der Waals surface area (Å²) in [5.74, 6) is 0.111. The molecule has 0 bridgehead atoms. The van der Waals surface area contributed by atoms with Crippen LogP contribution in [0.5, 0.6) is 0 Å². The van der Waals surface area contributed by atoms with E-state index in [-0.39, 0.29) is 5.91 Å². The van der Waals surface area contributed by atoms with Crippen LogP contribution >= 0.6 is 11.8 Å². The molecule has 27 heavy (non-hydrogen) atoms. The number of hydrogen-bond acceptors (Lipinski definition) is 4. The molecule has 2 aromatic rings. The van der Waals surface area contributed by atoms with Gasteiger partial charge in [-0.05, 0) is 63.8 Å². The van der Waals surface area contributed by atoms with E-state index in [0.29, 0.717) is 6.54 Å². The maximum Gasteiger partial charge on any atom is 0.245 e. The molecule has 2 aliphatic heterocycles. The normalized spacial score (nSPS) is 15.4. The van der Waals surface area contributed by atoms with Crippen LogP contribution in [-0.4, -0.2) is 44.0 Å². The predicted octanol–water partition coefficient (Wildman–Crippen LogP) is 4.53. The zero-order valence-corrected chi connectivity index (χ0v) is 17.1. The summed E-state index contributed by atoms with van der Waals surface area (Å²) in [7, 11) is 1.97. The first kappa shape index (κ1) is 19.9. The van der Waals surface area contributed by atoms with Crippen molar-refractivity contribution in [1.29, 1.82) is 0 Å². The van der Waals surface area contributed by atoms with Crippen LogP contribution in [0.15, 0.2) is 58.3 Å². The second-order valence-electron chi connectivity index (χ2n) is 6.91. The average molecular weight is 384 g/mol. The molecule has 144 valence electrons. The Morgan fingerprint density at radius 3 is 2.00 bits per heavy atom. The molecular formula is C22H29N3OS. The lowest BCUT2D eigenvalue weighted by atomic mass is 10.2. The maximum atomic E-state index is 12.8. The van der Waals surface area contributed by atoms with E-state index in [1.54, 1.807) is 11.8 Å². The van der Waals surface area contributed by atoms with Gasteiger partial charge in [-0.2, -0.15) is 0 Å². The van der Waals surface area contributed by atoms with Gasteiger partial charge in [0.05, 0.1) is 17.9 Å². The summed E-state index contributed by atoms with van der Waals surface area (Å²) in [4.78, 5) is 18.9. The molecule has 0 saturated carbocycles. The number of hydrogen-bond donors (Lipinski definition) is 1. The number of amides is 1. The topological polar surface area (TPSA) is 35.6 Å². The molecule has 0 radical (unpaired) electrons. The van der Waals surface area contributed by atoms with Crippen molar-refractivity contribution in [2.75, 3.05) is 38.1 Å². The lowest BCUT2D eigenvalue weighted by Crippen LogP contribution is -2.37. The highest BCUT2D eigenvalue weighted by Gasteiger charge is 2.27. The number of anilines is 2. The third-order valence-corrected chi connectivity index (χ3v) is 5.96. The number of fused-ring (bicyclic) bond motifs is 2. The van der Waals surface area contributed by atoms with E-state index in [2.05, 4.69) is 24.4 Å². The van der Waals surface area contributed by atoms with Crippen LogP contribution in [-0.2, 0) is 4.79 Å². The van der Waals surface area contributed by atoms with Crippen LogP contribution in [0.1, 0.15) is 26.2 Å². The van der Waals surface area contributed by atoms with Crippen LogP contribution in [0.3, 0.4) is 0 Å². The van der Waals surface area contributed by atoms with Crippen molar-refractivity contribution in [3.05, 3.63) is 48.5 Å². The monoisotopic (exact) mass is 383 g/mol. The molecule has 2 aromatic carbocycles. The molecule has 2 aliphatic rings. The van der Waals surface area contributed by atoms with Crippen LogP contribution in [0.4, 0.5) is 11.4 Å². The number of carbonyl (C=O) groups excluding carboxylic acids is 1. The fourth-order valence-electron chi connectivity index (χ4n) is 3.19. The Balaban J connectivity index is 0.000000299. The number of nitrogens with zero attached hydrogens (tertiary/aromatic N) is 2. The van der Waals surface area contributed by atoms with Gasteiger partial charge in [0.1, 0.15) is 0 Å². The van der Waals surface area contributed by atoms with Gasteiger partial charge in [0.25, 0.3) is 0 Å². The number of piperidine rings is 1. The molecule has 4 rings (SSSR count). The smallest absolute Gasteiger partial charge is 0.245 e. The molecule has 1 N–H and O–H groups in total. The summed E-state index contributed by atoms with van der Waals surface area (Å²) in [6.45, 7) is 5.84. The van der Waals surface area contributed by atoms with Gasteiger partial charge in [-0.25, -0.2) is 0 Å². The lowest BCUT2D eigenvalue weighted by molar-refractivity contribution is -0.118. The van der Waals surface area contributed by atoms with Crippen LogP contribution in [0, 0.1) is 0 Å². The third kappa shape index (κ3) is 5.12. The Morgan fingerprint density at radius 2 is 1.56 bits per heavy atom. The van der Waals surface area contributed by atoms with E-state index in [0.717, 1.165) is 27.7 Å². The second-order valence-corrected chi connectivity index (χ2v) is 7.99. The molecule has 0 spiro atoms. The molecule has 1 fully saturated rings. The minimum atomic E-state index is 0.111. The van der Waals surface area contributed by atoms with Crippen LogP contribution in [0.25, 0.3) is 0 Å². The summed E-state index contributed by atoms with van der Waals surface area (Å²) in [6, 6.07) is 16.2. The van der Waals surface area contributed by atoms with Crippen molar-refractivity contribution in [3.63, 3.8) is 0 Å². The first-order chi connectivity index (χ1) is 13.2.